The molecule has 7 nitrogen and oxygen atoms in total. The second-order valence-corrected chi connectivity index (χ2v) is 8.98. The van der Waals surface area contributed by atoms with Gasteiger partial charge in [-0.1, -0.05) is 31.5 Å². The van der Waals surface area contributed by atoms with Crippen molar-refractivity contribution in [3.8, 4) is 11.5 Å². The predicted octanol–water partition coefficient (Wildman–Crippen LogP) is 4.09. The highest BCUT2D eigenvalue weighted by molar-refractivity contribution is 7.89. The molecule has 3 aromatic rings. The van der Waals surface area contributed by atoms with Crippen molar-refractivity contribution >= 4 is 28.3 Å². The van der Waals surface area contributed by atoms with Gasteiger partial charge in [-0.2, -0.15) is 12.6 Å². The molecule has 0 aliphatic rings. The number of aryl methyl sites for hydroxylation is 1. The Bertz CT molecular complexity index is 1100. The maximum Gasteiger partial charge on any atom is 0.241 e. The summed E-state index contributed by atoms with van der Waals surface area (Å²) in [6, 6.07) is 12.3. The van der Waals surface area contributed by atoms with Gasteiger partial charge in [-0.3, -0.25) is 0 Å². The molecule has 0 aliphatic heterocycles. The zero-order valence-corrected chi connectivity index (χ0v) is 18.7. The van der Waals surface area contributed by atoms with Crippen molar-refractivity contribution in [2.75, 3.05) is 11.9 Å². The number of primary sulfonamides is 1. The van der Waals surface area contributed by atoms with Crippen molar-refractivity contribution in [2.45, 2.75) is 29.9 Å². The van der Waals surface area contributed by atoms with Crippen molar-refractivity contribution in [3.63, 3.8) is 0 Å². The lowest BCUT2D eigenvalue weighted by Gasteiger charge is -2.20. The van der Waals surface area contributed by atoms with Gasteiger partial charge in [0.15, 0.2) is 5.75 Å². The lowest BCUT2D eigenvalue weighted by Crippen LogP contribution is -2.16. The molecule has 3 rings (SSSR count). The maximum absolute atomic E-state index is 12.5. The molecule has 2 aromatic carbocycles. The van der Waals surface area contributed by atoms with E-state index in [4.69, 9.17) is 22.5 Å². The zero-order chi connectivity index (χ0) is 21.7. The number of nitrogens with one attached hydrogen (secondary N) is 1. The van der Waals surface area contributed by atoms with E-state index in [2.05, 4.69) is 17.2 Å². The van der Waals surface area contributed by atoms with Crippen molar-refractivity contribution in [1.82, 2.24) is 9.55 Å². The minimum Gasteiger partial charge on any atom is -0.454 e. The molecule has 0 radical (unpaired) electrons. The van der Waals surface area contributed by atoms with Crippen LogP contribution in [-0.2, 0) is 17.1 Å². The Morgan fingerprint density at radius 1 is 1.27 bits per heavy atom. The number of nitrogens with two attached hydrogens (primary N) is 1. The van der Waals surface area contributed by atoms with Gasteiger partial charge in [0, 0.05) is 26.0 Å². The second kappa shape index (κ2) is 9.55. The summed E-state index contributed by atoms with van der Waals surface area (Å²) in [6.07, 6.45) is 5.40. The third-order valence-electron chi connectivity index (χ3n) is 4.61. The molecule has 30 heavy (non-hydrogen) atoms. The first-order valence-electron chi connectivity index (χ1n) is 9.64. The number of hydrogen-bond donors (Lipinski definition) is 3. The van der Waals surface area contributed by atoms with Crippen LogP contribution in [0.5, 0.6) is 11.5 Å². The highest BCUT2D eigenvalue weighted by Gasteiger charge is 2.25. The topological polar surface area (TPSA) is 99.2 Å². The van der Waals surface area contributed by atoms with E-state index < -0.39 is 15.3 Å². The van der Waals surface area contributed by atoms with Crippen molar-refractivity contribution in [1.29, 1.82) is 0 Å². The van der Waals surface area contributed by atoms with Crippen LogP contribution in [0.2, 0.25) is 0 Å². The number of nitrogens with zero attached hydrogens (tertiary/aromatic N) is 2. The quantitative estimate of drug-likeness (QED) is 0.340. The molecule has 0 bridgehead atoms. The van der Waals surface area contributed by atoms with E-state index in [0.717, 1.165) is 12.8 Å². The Morgan fingerprint density at radius 3 is 2.60 bits per heavy atom. The molecule has 0 amide bonds. The molecule has 0 saturated carbocycles. The number of anilines is 1. The highest BCUT2D eigenvalue weighted by Crippen LogP contribution is 2.40. The zero-order valence-electron chi connectivity index (χ0n) is 16.9. The van der Waals surface area contributed by atoms with Crippen LogP contribution in [0.3, 0.4) is 0 Å². The van der Waals surface area contributed by atoms with Gasteiger partial charge in [0.1, 0.15) is 16.5 Å². The summed E-state index contributed by atoms with van der Waals surface area (Å²) >= 11 is 4.69. The fourth-order valence-corrected chi connectivity index (χ4v) is 4.13. The van der Waals surface area contributed by atoms with Gasteiger partial charge >= 0.3 is 0 Å². The number of benzene rings is 2. The lowest BCUT2D eigenvalue weighted by atomic mass is 10.1. The van der Waals surface area contributed by atoms with Gasteiger partial charge in [0.2, 0.25) is 10.0 Å². The van der Waals surface area contributed by atoms with Crippen molar-refractivity contribution in [3.05, 3.63) is 66.2 Å². The molecule has 1 heterocycles. The number of aromatic nitrogens is 2. The monoisotopic (exact) mass is 446 g/mol. The van der Waals surface area contributed by atoms with Crippen LogP contribution >= 0.6 is 12.6 Å². The number of para-hydroxylation sites is 1. The van der Waals surface area contributed by atoms with Crippen LogP contribution in [0, 0.1) is 0 Å². The number of hydrogen-bond acceptors (Lipinski definition) is 6. The first-order valence-corrected chi connectivity index (χ1v) is 11.7. The third-order valence-corrected chi connectivity index (χ3v) is 6.06. The van der Waals surface area contributed by atoms with E-state index in [-0.39, 0.29) is 10.6 Å². The van der Waals surface area contributed by atoms with Crippen LogP contribution in [-0.4, -0.2) is 24.5 Å². The Balaban J connectivity index is 2.14. The van der Waals surface area contributed by atoms with Gasteiger partial charge in [-0.25, -0.2) is 18.5 Å². The van der Waals surface area contributed by atoms with Gasteiger partial charge < -0.3 is 14.6 Å². The minimum absolute atomic E-state index is 0.101. The molecule has 0 spiro atoms. The predicted molar refractivity (Wildman–Crippen MR) is 122 cm³/mol. The van der Waals surface area contributed by atoms with E-state index in [0.29, 0.717) is 29.4 Å². The summed E-state index contributed by atoms with van der Waals surface area (Å²) in [4.78, 5) is 4.23. The smallest absolute Gasteiger partial charge is 0.241 e. The minimum atomic E-state index is -4.07. The molecule has 1 unspecified atom stereocenters. The fourth-order valence-electron chi connectivity index (χ4n) is 3.03. The average molecular weight is 447 g/mol. The maximum atomic E-state index is 12.5. The molecule has 0 saturated heterocycles. The number of unbranched alkanes of at least 4 members (excludes halogenated alkanes) is 1. The van der Waals surface area contributed by atoms with E-state index >= 15 is 0 Å². The van der Waals surface area contributed by atoms with Gasteiger partial charge in [0.25, 0.3) is 0 Å². The Labute approximate surface area is 182 Å². The SMILES string of the molecule is CCCCNc1cc(C(S)c2nccn2C)cc(S(N)(=O)=O)c1Oc1ccccc1. The van der Waals surface area contributed by atoms with E-state index in [1.807, 2.05) is 42.1 Å². The summed E-state index contributed by atoms with van der Waals surface area (Å²) in [5.74, 6) is 1.37. The van der Waals surface area contributed by atoms with Gasteiger partial charge in [0.05, 0.1) is 10.9 Å². The number of sulfonamides is 1. The lowest BCUT2D eigenvalue weighted by molar-refractivity contribution is 0.469. The summed E-state index contributed by atoms with van der Waals surface area (Å²) in [6.45, 7) is 2.74. The van der Waals surface area contributed by atoms with Crippen LogP contribution in [0.4, 0.5) is 5.69 Å². The molecule has 9 heteroatoms. The second-order valence-electron chi connectivity index (χ2n) is 6.94. The standard InChI is InChI=1S/C21H26N4O3S2/c1-3-4-10-23-17-13-15(20(29)21-24-11-12-25(21)2)14-18(30(22,26)27)19(17)28-16-8-6-5-7-9-16/h5-9,11-14,20,23,29H,3-4,10H2,1-2H3,(H2,22,26,27). The highest BCUT2D eigenvalue weighted by atomic mass is 32.2. The molecule has 160 valence electrons. The van der Waals surface area contributed by atoms with Crippen LogP contribution in [0.1, 0.15) is 36.4 Å². The van der Waals surface area contributed by atoms with E-state index in [9.17, 15) is 8.42 Å². The first-order chi connectivity index (χ1) is 14.3. The largest absolute Gasteiger partial charge is 0.454 e. The fraction of sp³-hybridized carbons (Fsp3) is 0.286. The van der Waals surface area contributed by atoms with Gasteiger partial charge in [-0.05, 0) is 36.2 Å². The van der Waals surface area contributed by atoms with Crippen LogP contribution < -0.4 is 15.2 Å². The van der Waals surface area contributed by atoms with Crippen LogP contribution in [0.25, 0.3) is 0 Å². The van der Waals surface area contributed by atoms with Crippen molar-refractivity contribution in [2.24, 2.45) is 12.2 Å². The normalized spacial score (nSPS) is 12.5. The number of ether oxygens (including phenoxy) is 1. The first kappa shape index (κ1) is 22.2. The Kier molecular flexibility index (Phi) is 7.06. The summed E-state index contributed by atoms with van der Waals surface area (Å²) in [5, 5.41) is 8.43. The van der Waals surface area contributed by atoms with Crippen LogP contribution in [0.15, 0.2) is 59.8 Å². The number of imidazole rings is 1. The average Bonchev–Trinajstić information content (AvgIpc) is 3.14. The summed E-state index contributed by atoms with van der Waals surface area (Å²) in [5.41, 5.74) is 1.19. The summed E-state index contributed by atoms with van der Waals surface area (Å²) < 4.78 is 32.8. The number of rotatable bonds is 9. The molecular weight excluding hydrogens is 420 g/mol. The van der Waals surface area contributed by atoms with Gasteiger partial charge in [-0.15, -0.1) is 0 Å². The molecular formula is C21H26N4O3S2. The third kappa shape index (κ3) is 5.16. The number of thiol groups is 1. The van der Waals surface area contributed by atoms with E-state index in [1.165, 1.54) is 6.07 Å². The van der Waals surface area contributed by atoms with E-state index in [1.54, 1.807) is 18.3 Å². The summed E-state index contributed by atoms with van der Waals surface area (Å²) in [7, 11) is -2.21. The van der Waals surface area contributed by atoms with Crippen molar-refractivity contribution < 1.29 is 13.2 Å². The molecule has 3 N–H and O–H groups in total. The molecule has 0 aliphatic carbocycles. The molecule has 1 atom stereocenters. The molecule has 0 fully saturated rings. The molecule has 1 aromatic heterocycles. The Morgan fingerprint density at radius 2 is 2.00 bits per heavy atom. The Hall–Kier alpha value is -2.49.